The number of amides is 1. The fourth-order valence-electron chi connectivity index (χ4n) is 3.20. The van der Waals surface area contributed by atoms with Crippen LogP contribution in [-0.4, -0.2) is 39.7 Å². The van der Waals surface area contributed by atoms with Crippen LogP contribution in [0.25, 0.3) is 0 Å². The molecular formula is C25H25ClN2O5S2. The molecule has 0 heterocycles. The van der Waals surface area contributed by atoms with Gasteiger partial charge in [0.2, 0.25) is 5.91 Å². The fraction of sp³-hybridized carbons (Fsp3) is 0.200. The van der Waals surface area contributed by atoms with Crippen LogP contribution in [0.15, 0.2) is 76.5 Å². The van der Waals surface area contributed by atoms with Crippen molar-refractivity contribution >= 4 is 56.6 Å². The first-order valence-electron chi connectivity index (χ1n) is 10.7. The standard InChI is InChI=1S/C25H25ClN2O5S2/c1-4-33-25(30)22-15-18(7-14-23(22)26)27-24(29)16-28(19-8-5-17(2)6-9-19)35(31,32)21-12-10-20(34-3)11-13-21/h5-15H,4,16H2,1-3H3,(H,27,29). The Morgan fingerprint density at radius 2 is 1.69 bits per heavy atom. The largest absolute Gasteiger partial charge is 0.462 e. The van der Waals surface area contributed by atoms with Gasteiger partial charge in [0.05, 0.1) is 27.8 Å². The Kier molecular flexibility index (Phi) is 8.82. The summed E-state index contributed by atoms with van der Waals surface area (Å²) < 4.78 is 33.1. The van der Waals surface area contributed by atoms with Gasteiger partial charge >= 0.3 is 5.97 Å². The fourth-order valence-corrected chi connectivity index (χ4v) is 5.22. The summed E-state index contributed by atoms with van der Waals surface area (Å²) in [5.41, 5.74) is 1.69. The van der Waals surface area contributed by atoms with Crippen molar-refractivity contribution in [1.82, 2.24) is 0 Å². The summed E-state index contributed by atoms with van der Waals surface area (Å²) in [5.74, 6) is -1.21. The minimum Gasteiger partial charge on any atom is -0.462 e. The zero-order valence-electron chi connectivity index (χ0n) is 19.4. The normalized spacial score (nSPS) is 11.1. The Bertz CT molecular complexity index is 1310. The molecule has 0 unspecified atom stereocenters. The van der Waals surface area contributed by atoms with Crippen molar-refractivity contribution in [3.63, 3.8) is 0 Å². The zero-order valence-corrected chi connectivity index (χ0v) is 21.8. The van der Waals surface area contributed by atoms with E-state index in [0.717, 1.165) is 14.8 Å². The molecule has 3 aromatic carbocycles. The lowest BCUT2D eigenvalue weighted by Gasteiger charge is -2.24. The number of nitrogens with zero attached hydrogens (tertiary/aromatic N) is 1. The average molecular weight is 533 g/mol. The summed E-state index contributed by atoms with van der Waals surface area (Å²) >= 11 is 7.59. The molecular weight excluding hydrogens is 508 g/mol. The van der Waals surface area contributed by atoms with Crippen molar-refractivity contribution in [2.45, 2.75) is 23.6 Å². The van der Waals surface area contributed by atoms with Gasteiger partial charge < -0.3 is 10.1 Å². The molecule has 184 valence electrons. The van der Waals surface area contributed by atoms with Crippen LogP contribution in [0.1, 0.15) is 22.8 Å². The predicted molar refractivity (Wildman–Crippen MR) is 140 cm³/mol. The van der Waals surface area contributed by atoms with Gasteiger partial charge in [0.25, 0.3) is 10.0 Å². The van der Waals surface area contributed by atoms with Crippen molar-refractivity contribution in [1.29, 1.82) is 0 Å². The number of ether oxygens (including phenoxy) is 1. The highest BCUT2D eigenvalue weighted by atomic mass is 35.5. The third kappa shape index (κ3) is 6.56. The maximum Gasteiger partial charge on any atom is 0.339 e. The number of carbonyl (C=O) groups is 2. The number of benzene rings is 3. The van der Waals surface area contributed by atoms with Crippen LogP contribution >= 0.6 is 23.4 Å². The molecule has 0 aliphatic rings. The van der Waals surface area contributed by atoms with Crippen LogP contribution in [0.5, 0.6) is 0 Å². The molecule has 3 aromatic rings. The first-order valence-corrected chi connectivity index (χ1v) is 13.7. The van der Waals surface area contributed by atoms with E-state index < -0.39 is 28.4 Å². The van der Waals surface area contributed by atoms with Gasteiger partial charge in [0, 0.05) is 10.6 Å². The van der Waals surface area contributed by atoms with Crippen LogP contribution in [0.2, 0.25) is 5.02 Å². The second-order valence-electron chi connectivity index (χ2n) is 7.49. The van der Waals surface area contributed by atoms with Crippen LogP contribution in [0.4, 0.5) is 11.4 Å². The number of hydrogen-bond acceptors (Lipinski definition) is 6. The number of hydrogen-bond donors (Lipinski definition) is 1. The number of thioether (sulfide) groups is 1. The van der Waals surface area contributed by atoms with E-state index in [1.165, 1.54) is 42.1 Å². The highest BCUT2D eigenvalue weighted by Crippen LogP contribution is 2.26. The van der Waals surface area contributed by atoms with Crippen LogP contribution in [0.3, 0.4) is 0 Å². The van der Waals surface area contributed by atoms with Crippen molar-refractivity contribution in [3.05, 3.63) is 82.9 Å². The predicted octanol–water partition coefficient (Wildman–Crippen LogP) is 5.38. The Balaban J connectivity index is 1.91. The quantitative estimate of drug-likeness (QED) is 0.294. The third-order valence-corrected chi connectivity index (χ3v) is 7.86. The maximum absolute atomic E-state index is 13.5. The lowest BCUT2D eigenvalue weighted by atomic mass is 10.2. The van der Waals surface area contributed by atoms with Gasteiger partial charge in [-0.15, -0.1) is 11.8 Å². The molecule has 1 amide bonds. The molecule has 0 aliphatic carbocycles. The van der Waals surface area contributed by atoms with Gasteiger partial charge in [-0.1, -0.05) is 29.3 Å². The molecule has 0 atom stereocenters. The molecule has 0 saturated carbocycles. The minimum atomic E-state index is -4.05. The van der Waals surface area contributed by atoms with E-state index >= 15 is 0 Å². The molecule has 7 nitrogen and oxygen atoms in total. The molecule has 35 heavy (non-hydrogen) atoms. The molecule has 0 aliphatic heterocycles. The third-order valence-electron chi connectivity index (χ3n) is 5.00. The molecule has 10 heteroatoms. The first kappa shape index (κ1) is 26.6. The van der Waals surface area contributed by atoms with Gasteiger partial charge in [-0.25, -0.2) is 13.2 Å². The van der Waals surface area contributed by atoms with E-state index in [1.54, 1.807) is 43.3 Å². The molecule has 0 spiro atoms. The minimum absolute atomic E-state index is 0.0692. The Morgan fingerprint density at radius 3 is 2.29 bits per heavy atom. The van der Waals surface area contributed by atoms with Crippen LogP contribution < -0.4 is 9.62 Å². The Morgan fingerprint density at radius 1 is 1.03 bits per heavy atom. The molecule has 1 N–H and O–H groups in total. The number of nitrogens with one attached hydrogen (secondary N) is 1. The van der Waals surface area contributed by atoms with E-state index in [0.29, 0.717) is 5.69 Å². The van der Waals surface area contributed by atoms with Gasteiger partial charge in [-0.2, -0.15) is 0 Å². The summed E-state index contributed by atoms with van der Waals surface area (Å²) in [6.45, 7) is 3.25. The van der Waals surface area contributed by atoms with Gasteiger partial charge in [0.15, 0.2) is 0 Å². The summed E-state index contributed by atoms with van der Waals surface area (Å²) in [6.07, 6.45) is 1.90. The van der Waals surface area contributed by atoms with E-state index in [2.05, 4.69) is 5.32 Å². The summed E-state index contributed by atoms with van der Waals surface area (Å²) in [5, 5.41) is 2.82. The van der Waals surface area contributed by atoms with Crippen molar-refractivity contribution in [3.8, 4) is 0 Å². The van der Waals surface area contributed by atoms with Crippen LogP contribution in [-0.2, 0) is 19.6 Å². The van der Waals surface area contributed by atoms with E-state index in [4.69, 9.17) is 16.3 Å². The van der Waals surface area contributed by atoms with E-state index in [1.807, 2.05) is 13.2 Å². The molecule has 0 saturated heterocycles. The lowest BCUT2D eigenvalue weighted by Crippen LogP contribution is -2.38. The zero-order chi connectivity index (χ0) is 25.6. The highest BCUT2D eigenvalue weighted by molar-refractivity contribution is 7.98. The number of sulfonamides is 1. The summed E-state index contributed by atoms with van der Waals surface area (Å²) in [6, 6.07) is 17.7. The Hall–Kier alpha value is -3.01. The van der Waals surface area contributed by atoms with Gasteiger partial charge in [0.1, 0.15) is 6.54 Å². The monoisotopic (exact) mass is 532 g/mol. The molecule has 0 radical (unpaired) electrons. The molecule has 0 aromatic heterocycles. The average Bonchev–Trinajstić information content (AvgIpc) is 2.84. The molecule has 3 rings (SSSR count). The first-order chi connectivity index (χ1) is 16.6. The number of rotatable bonds is 9. The number of aryl methyl sites for hydroxylation is 1. The second kappa shape index (κ2) is 11.6. The van der Waals surface area contributed by atoms with Crippen molar-refractivity contribution < 1.29 is 22.7 Å². The summed E-state index contributed by atoms with van der Waals surface area (Å²) in [7, 11) is -4.05. The number of halogens is 1. The smallest absolute Gasteiger partial charge is 0.339 e. The van der Waals surface area contributed by atoms with Crippen molar-refractivity contribution in [2.75, 3.05) is 29.0 Å². The topological polar surface area (TPSA) is 92.8 Å². The van der Waals surface area contributed by atoms with Crippen LogP contribution in [0, 0.1) is 6.92 Å². The molecule has 0 fully saturated rings. The van der Waals surface area contributed by atoms with E-state index in [-0.39, 0.29) is 27.8 Å². The number of esters is 1. The Labute approximate surface area is 214 Å². The van der Waals surface area contributed by atoms with E-state index in [9.17, 15) is 18.0 Å². The maximum atomic E-state index is 13.5. The summed E-state index contributed by atoms with van der Waals surface area (Å²) in [4.78, 5) is 26.1. The second-order valence-corrected chi connectivity index (χ2v) is 10.6. The lowest BCUT2D eigenvalue weighted by molar-refractivity contribution is -0.114. The van der Waals surface area contributed by atoms with Crippen molar-refractivity contribution in [2.24, 2.45) is 0 Å². The highest BCUT2D eigenvalue weighted by Gasteiger charge is 2.27. The van der Waals surface area contributed by atoms with Gasteiger partial charge in [-0.3, -0.25) is 9.10 Å². The molecule has 0 bridgehead atoms. The van der Waals surface area contributed by atoms with Gasteiger partial charge in [-0.05, 0) is 74.7 Å². The number of carbonyl (C=O) groups excluding carboxylic acids is 2. The SMILES string of the molecule is CCOC(=O)c1cc(NC(=O)CN(c2ccc(C)cc2)S(=O)(=O)c2ccc(SC)cc2)ccc1Cl. The number of anilines is 2.